The Morgan fingerprint density at radius 1 is 1.37 bits per heavy atom. The van der Waals surface area contributed by atoms with E-state index in [1.807, 2.05) is 6.07 Å². The van der Waals surface area contributed by atoms with Crippen LogP contribution in [0, 0.1) is 0 Å². The Morgan fingerprint density at radius 3 is 2.26 bits per heavy atom. The number of hydrogen-bond donors (Lipinski definition) is 0. The Morgan fingerprint density at radius 2 is 1.95 bits per heavy atom. The predicted octanol–water partition coefficient (Wildman–Crippen LogP) is 2.87. The summed E-state index contributed by atoms with van der Waals surface area (Å²) in [6, 6.07) is 3.68. The summed E-state index contributed by atoms with van der Waals surface area (Å²) in [5, 5.41) is 0.786. The van der Waals surface area contributed by atoms with E-state index in [4.69, 9.17) is 0 Å². The molecule has 1 fully saturated rings. The van der Waals surface area contributed by atoms with Crippen LogP contribution < -0.4 is 0 Å². The number of carbonyl (C=O) groups is 3. The van der Waals surface area contributed by atoms with Crippen molar-refractivity contribution in [3.05, 3.63) is 21.9 Å². The molecule has 0 unspecified atom stereocenters. The Kier molecular flexibility index (Phi) is 6.67. The van der Waals surface area contributed by atoms with Gasteiger partial charge in [-0.05, 0) is 12.1 Å². The molecular formula is C11H11Br2NO4S. The highest BCUT2D eigenvalue weighted by Gasteiger charge is 2.26. The van der Waals surface area contributed by atoms with Gasteiger partial charge in [0.2, 0.25) is 11.8 Å². The summed E-state index contributed by atoms with van der Waals surface area (Å²) in [5.74, 6) is -0.549. The summed E-state index contributed by atoms with van der Waals surface area (Å²) >= 11 is 7.55. The molecule has 0 aliphatic carbocycles. The number of esters is 1. The quantitative estimate of drug-likeness (QED) is 0.324. The minimum atomic E-state index is -0.262. The number of methoxy groups -OCH3 is 1. The number of hydrogen-bond acceptors (Lipinski definition) is 5. The van der Waals surface area contributed by atoms with Crippen LogP contribution in [0.25, 0.3) is 0 Å². The minimum Gasteiger partial charge on any atom is -0.465 e. The van der Waals surface area contributed by atoms with Gasteiger partial charge in [0.1, 0.15) is 4.88 Å². The molecule has 0 radical (unpaired) electrons. The Bertz CT molecular complexity index is 473. The van der Waals surface area contributed by atoms with Crippen molar-refractivity contribution in [2.24, 2.45) is 0 Å². The lowest BCUT2D eigenvalue weighted by Crippen LogP contribution is -2.16. The van der Waals surface area contributed by atoms with Crippen molar-refractivity contribution >= 4 is 61.2 Å². The van der Waals surface area contributed by atoms with E-state index in [1.165, 1.54) is 18.4 Å². The molecule has 1 aromatic rings. The Balaban J connectivity index is 0.000000200. The van der Waals surface area contributed by atoms with Gasteiger partial charge in [-0.25, -0.2) is 8.72 Å². The largest absolute Gasteiger partial charge is 0.465 e. The van der Waals surface area contributed by atoms with E-state index < -0.39 is 0 Å². The number of alkyl halides is 1. The average Bonchev–Trinajstić information content (AvgIpc) is 3.01. The van der Waals surface area contributed by atoms with E-state index in [2.05, 4.69) is 36.8 Å². The minimum absolute atomic E-state index is 0.144. The van der Waals surface area contributed by atoms with Crippen molar-refractivity contribution < 1.29 is 19.1 Å². The van der Waals surface area contributed by atoms with Gasteiger partial charge in [0.05, 0.1) is 23.3 Å². The first-order valence-electron chi connectivity index (χ1n) is 5.24. The van der Waals surface area contributed by atoms with Gasteiger partial charge in [0.25, 0.3) is 0 Å². The molecule has 2 heterocycles. The standard InChI is InChI=1S/C7H7BrO2S.C4H4BrNO2/c1-10-7(9)6-3-2-5(4-8)11-6;5-6-3(7)1-2-4(6)8/h2-3H,4H2,1H3;1-2H2. The van der Waals surface area contributed by atoms with Crippen LogP contribution in [-0.2, 0) is 19.7 Å². The zero-order valence-corrected chi connectivity index (χ0v) is 14.0. The fourth-order valence-corrected chi connectivity index (χ4v) is 2.87. The van der Waals surface area contributed by atoms with Crippen molar-refractivity contribution in [1.29, 1.82) is 0 Å². The van der Waals surface area contributed by atoms with Crippen LogP contribution in [0.15, 0.2) is 12.1 Å². The second-order valence-corrected chi connectivity index (χ2v) is 5.90. The summed E-state index contributed by atoms with van der Waals surface area (Å²) in [6.07, 6.45) is 0.703. The second kappa shape index (κ2) is 7.76. The maximum absolute atomic E-state index is 10.9. The number of amides is 2. The molecule has 1 saturated heterocycles. The third kappa shape index (κ3) is 4.70. The van der Waals surface area contributed by atoms with Crippen molar-refractivity contribution in [3.8, 4) is 0 Å². The van der Waals surface area contributed by atoms with Gasteiger partial charge in [-0.2, -0.15) is 0 Å². The van der Waals surface area contributed by atoms with Crippen molar-refractivity contribution in [1.82, 2.24) is 3.93 Å². The lowest BCUT2D eigenvalue weighted by molar-refractivity contribution is -0.131. The topological polar surface area (TPSA) is 63.7 Å². The number of carbonyl (C=O) groups excluding carboxylic acids is 3. The Labute approximate surface area is 131 Å². The van der Waals surface area contributed by atoms with E-state index in [0.29, 0.717) is 17.7 Å². The van der Waals surface area contributed by atoms with Gasteiger partial charge in [0.15, 0.2) is 0 Å². The van der Waals surface area contributed by atoms with E-state index >= 15 is 0 Å². The third-order valence-corrected chi connectivity index (χ3v) is 5.00. The van der Waals surface area contributed by atoms with Crippen LogP contribution in [-0.4, -0.2) is 28.8 Å². The molecule has 19 heavy (non-hydrogen) atoms. The van der Waals surface area contributed by atoms with Crippen molar-refractivity contribution in [3.63, 3.8) is 0 Å². The molecule has 2 rings (SSSR count). The monoisotopic (exact) mass is 411 g/mol. The van der Waals surface area contributed by atoms with Crippen LogP contribution in [0.5, 0.6) is 0 Å². The predicted molar refractivity (Wildman–Crippen MR) is 78.3 cm³/mol. The first kappa shape index (κ1) is 16.3. The third-order valence-electron chi connectivity index (χ3n) is 2.17. The molecule has 1 aliphatic heterocycles. The summed E-state index contributed by atoms with van der Waals surface area (Å²) in [7, 11) is 1.38. The fourth-order valence-electron chi connectivity index (χ4n) is 1.21. The molecular weight excluding hydrogens is 402 g/mol. The van der Waals surface area contributed by atoms with Crippen LogP contribution in [0.3, 0.4) is 0 Å². The van der Waals surface area contributed by atoms with Crippen molar-refractivity contribution in [2.45, 2.75) is 18.2 Å². The van der Waals surface area contributed by atoms with Crippen molar-refractivity contribution in [2.75, 3.05) is 7.11 Å². The molecule has 0 saturated carbocycles. The van der Waals surface area contributed by atoms with Crippen LogP contribution in [0.4, 0.5) is 0 Å². The maximum atomic E-state index is 10.9. The first-order valence-corrected chi connectivity index (χ1v) is 7.89. The summed E-state index contributed by atoms with van der Waals surface area (Å²) in [4.78, 5) is 33.6. The normalized spacial score (nSPS) is 14.2. The molecule has 2 amide bonds. The molecule has 8 heteroatoms. The molecule has 1 aliphatic rings. The van der Waals surface area contributed by atoms with Crippen LogP contribution in [0.1, 0.15) is 27.4 Å². The number of rotatable bonds is 2. The summed E-state index contributed by atoms with van der Waals surface area (Å²) in [6.45, 7) is 0. The highest BCUT2D eigenvalue weighted by molar-refractivity contribution is 9.08. The molecule has 0 bridgehead atoms. The van der Waals surface area contributed by atoms with Gasteiger partial charge in [-0.15, -0.1) is 11.3 Å². The van der Waals surface area contributed by atoms with E-state index in [0.717, 1.165) is 14.1 Å². The molecule has 104 valence electrons. The smallest absolute Gasteiger partial charge is 0.348 e. The van der Waals surface area contributed by atoms with E-state index in [9.17, 15) is 14.4 Å². The SMILES string of the molecule is COC(=O)c1ccc(CBr)s1.O=C1CCC(=O)N1Br. The fraction of sp³-hybridized carbons (Fsp3) is 0.364. The van der Waals surface area contributed by atoms with Crippen LogP contribution >= 0.6 is 43.4 Å². The lowest BCUT2D eigenvalue weighted by atomic mass is 10.4. The molecule has 0 aromatic carbocycles. The van der Waals surface area contributed by atoms with Crippen LogP contribution in [0.2, 0.25) is 0 Å². The summed E-state index contributed by atoms with van der Waals surface area (Å²) in [5.41, 5.74) is 0. The number of thiophene rings is 1. The van der Waals surface area contributed by atoms with Gasteiger partial charge in [0, 0.05) is 23.0 Å². The molecule has 5 nitrogen and oxygen atoms in total. The van der Waals surface area contributed by atoms with Gasteiger partial charge in [-0.3, -0.25) is 9.59 Å². The second-order valence-electron chi connectivity index (χ2n) is 3.46. The zero-order valence-electron chi connectivity index (χ0n) is 10.0. The number of ether oxygens (including phenoxy) is 1. The number of halogens is 2. The van der Waals surface area contributed by atoms with Gasteiger partial charge < -0.3 is 4.74 Å². The maximum Gasteiger partial charge on any atom is 0.348 e. The first-order chi connectivity index (χ1) is 8.99. The molecule has 0 atom stereocenters. The number of imide groups is 1. The number of nitrogens with zero attached hydrogens (tertiary/aromatic N) is 1. The lowest BCUT2D eigenvalue weighted by Gasteiger charge is -1.97. The molecule has 0 spiro atoms. The molecule has 0 N–H and O–H groups in total. The zero-order chi connectivity index (χ0) is 14.4. The van der Waals surface area contributed by atoms with E-state index in [-0.39, 0.29) is 17.8 Å². The highest BCUT2D eigenvalue weighted by Crippen LogP contribution is 2.19. The van der Waals surface area contributed by atoms with Gasteiger partial charge >= 0.3 is 5.97 Å². The Hall–Kier alpha value is -0.730. The van der Waals surface area contributed by atoms with Gasteiger partial charge in [-0.1, -0.05) is 15.9 Å². The average molecular weight is 413 g/mol. The summed E-state index contributed by atoms with van der Waals surface area (Å²) < 4.78 is 5.53. The molecule has 1 aromatic heterocycles. The highest BCUT2D eigenvalue weighted by atomic mass is 79.9. The van der Waals surface area contributed by atoms with E-state index in [1.54, 1.807) is 6.07 Å².